The quantitative estimate of drug-likeness (QED) is 0.851. The van der Waals surface area contributed by atoms with Crippen LogP contribution in [0.1, 0.15) is 45.1 Å². The van der Waals surface area contributed by atoms with Crippen LogP contribution < -0.4 is 0 Å². The zero-order valence-electron chi connectivity index (χ0n) is 14.5. The van der Waals surface area contributed by atoms with Crippen molar-refractivity contribution in [1.82, 2.24) is 4.90 Å². The molecule has 2 rings (SSSR count). The van der Waals surface area contributed by atoms with Crippen LogP contribution in [0.4, 0.5) is 0 Å². The third-order valence-electron chi connectivity index (χ3n) is 5.18. The monoisotopic (exact) mass is 301 g/mol. The molecule has 1 fully saturated rings. The Morgan fingerprint density at radius 2 is 1.86 bits per heavy atom. The van der Waals surface area contributed by atoms with Crippen LogP contribution >= 0.6 is 0 Å². The van der Waals surface area contributed by atoms with E-state index in [1.807, 2.05) is 6.07 Å². The minimum Gasteiger partial charge on any atom is -0.385 e. The van der Waals surface area contributed by atoms with Gasteiger partial charge < -0.3 is 10.0 Å². The van der Waals surface area contributed by atoms with Gasteiger partial charge in [-0.15, -0.1) is 0 Å². The summed E-state index contributed by atoms with van der Waals surface area (Å²) >= 11 is 0. The molecule has 2 atom stereocenters. The summed E-state index contributed by atoms with van der Waals surface area (Å²) < 4.78 is 0. The molecule has 1 aromatic rings. The fourth-order valence-corrected chi connectivity index (χ4v) is 4.08. The summed E-state index contributed by atoms with van der Waals surface area (Å²) in [6, 6.07) is 10.4. The van der Waals surface area contributed by atoms with Gasteiger partial charge in [-0.05, 0) is 50.9 Å². The lowest BCUT2D eigenvalue weighted by Gasteiger charge is -2.41. The van der Waals surface area contributed by atoms with Crippen molar-refractivity contribution in [2.75, 3.05) is 20.6 Å². The van der Waals surface area contributed by atoms with Crippen molar-refractivity contribution in [2.45, 2.75) is 45.1 Å². The maximum absolute atomic E-state index is 11.7. The number of hydrogen-bond acceptors (Lipinski definition) is 2. The lowest BCUT2D eigenvalue weighted by Crippen LogP contribution is -2.47. The minimum absolute atomic E-state index is 0.227. The molecule has 1 N–H and O–H groups in total. The normalized spacial score (nSPS) is 21.1. The third kappa shape index (κ3) is 3.80. The number of aliphatic hydroxyl groups is 1. The summed E-state index contributed by atoms with van der Waals surface area (Å²) in [4.78, 5) is 2.18. The molecule has 122 valence electrons. The molecular formula is C20H31NO. The van der Waals surface area contributed by atoms with Gasteiger partial charge in [0.25, 0.3) is 0 Å². The Hall–Kier alpha value is -1.12. The molecule has 0 aromatic heterocycles. The fraction of sp³-hybridized carbons (Fsp3) is 0.600. The topological polar surface area (TPSA) is 23.5 Å². The number of hydrogen-bond donors (Lipinski definition) is 1. The molecule has 22 heavy (non-hydrogen) atoms. The molecule has 1 aliphatic rings. The Morgan fingerprint density at radius 1 is 1.27 bits per heavy atom. The van der Waals surface area contributed by atoms with Crippen LogP contribution in [0.2, 0.25) is 0 Å². The predicted molar refractivity (Wildman–Crippen MR) is 94.7 cm³/mol. The Morgan fingerprint density at radius 3 is 2.41 bits per heavy atom. The van der Waals surface area contributed by atoms with Gasteiger partial charge in [-0.1, -0.05) is 56.2 Å². The molecule has 2 heteroatoms. The zero-order chi connectivity index (χ0) is 16.2. The first kappa shape index (κ1) is 17.2. The summed E-state index contributed by atoms with van der Waals surface area (Å²) in [5, 5.41) is 11.7. The highest BCUT2D eigenvalue weighted by atomic mass is 16.3. The van der Waals surface area contributed by atoms with Crippen molar-refractivity contribution in [3.05, 3.63) is 41.5 Å². The van der Waals surface area contributed by atoms with E-state index in [2.05, 4.69) is 63.2 Å². The van der Waals surface area contributed by atoms with E-state index in [1.54, 1.807) is 0 Å². The Kier molecular flexibility index (Phi) is 5.82. The second kappa shape index (κ2) is 7.43. The van der Waals surface area contributed by atoms with E-state index in [4.69, 9.17) is 0 Å². The highest BCUT2D eigenvalue weighted by Gasteiger charge is 2.44. The van der Waals surface area contributed by atoms with E-state index < -0.39 is 5.60 Å². The molecule has 0 bridgehead atoms. The third-order valence-corrected chi connectivity index (χ3v) is 5.18. The molecule has 0 heterocycles. The van der Waals surface area contributed by atoms with Crippen LogP contribution in [0.25, 0.3) is 6.08 Å². The van der Waals surface area contributed by atoms with Crippen molar-refractivity contribution in [2.24, 2.45) is 11.8 Å². The maximum Gasteiger partial charge on any atom is 0.0922 e. The van der Waals surface area contributed by atoms with Crippen LogP contribution in [-0.2, 0) is 0 Å². The average Bonchev–Trinajstić information content (AvgIpc) is 3.01. The number of rotatable bonds is 6. The predicted octanol–water partition coefficient (Wildman–Crippen LogP) is 4.21. The van der Waals surface area contributed by atoms with E-state index in [-0.39, 0.29) is 5.92 Å². The molecule has 0 aliphatic heterocycles. The summed E-state index contributed by atoms with van der Waals surface area (Å²) in [6.45, 7) is 5.21. The average molecular weight is 301 g/mol. The van der Waals surface area contributed by atoms with Crippen LogP contribution in [0.3, 0.4) is 0 Å². The van der Waals surface area contributed by atoms with Gasteiger partial charge in [0.05, 0.1) is 5.60 Å². The molecular weight excluding hydrogens is 270 g/mol. The fourth-order valence-electron chi connectivity index (χ4n) is 4.08. The highest BCUT2D eigenvalue weighted by Crippen LogP contribution is 2.43. The molecule has 0 spiro atoms. The van der Waals surface area contributed by atoms with Gasteiger partial charge in [0, 0.05) is 12.5 Å². The molecule has 1 saturated carbocycles. The van der Waals surface area contributed by atoms with Crippen LogP contribution in [0, 0.1) is 11.8 Å². The molecule has 0 radical (unpaired) electrons. The first-order chi connectivity index (χ1) is 10.4. The standard InChI is InChI=1S/C20H31NO/c1-16(14-18-10-6-5-7-11-18)20(22,17(2)15-21(3)4)19-12-8-9-13-19/h5-7,10-11,14,17,19,22H,8-9,12-13,15H2,1-4H3/b16-14-. The van der Waals surface area contributed by atoms with E-state index in [0.717, 1.165) is 25.0 Å². The highest BCUT2D eigenvalue weighted by molar-refractivity contribution is 5.54. The first-order valence-electron chi connectivity index (χ1n) is 8.55. The lowest BCUT2D eigenvalue weighted by molar-refractivity contribution is -0.0350. The van der Waals surface area contributed by atoms with Gasteiger partial charge in [0.15, 0.2) is 0 Å². The van der Waals surface area contributed by atoms with Crippen LogP contribution in [0.15, 0.2) is 35.9 Å². The van der Waals surface area contributed by atoms with Gasteiger partial charge in [0.1, 0.15) is 0 Å². The maximum atomic E-state index is 11.7. The number of nitrogens with zero attached hydrogens (tertiary/aromatic N) is 1. The van der Waals surface area contributed by atoms with Gasteiger partial charge in [0.2, 0.25) is 0 Å². The van der Waals surface area contributed by atoms with E-state index in [1.165, 1.54) is 18.4 Å². The van der Waals surface area contributed by atoms with Crippen molar-refractivity contribution >= 4 is 6.08 Å². The Bertz CT molecular complexity index is 488. The van der Waals surface area contributed by atoms with Gasteiger partial charge in [-0.3, -0.25) is 0 Å². The molecule has 1 aromatic carbocycles. The van der Waals surface area contributed by atoms with Crippen molar-refractivity contribution in [3.63, 3.8) is 0 Å². The molecule has 0 amide bonds. The Balaban J connectivity index is 2.32. The van der Waals surface area contributed by atoms with Gasteiger partial charge >= 0.3 is 0 Å². The SMILES string of the molecule is C/C(=C/c1ccccc1)C(O)(C(C)CN(C)C)C1CCCC1. The Labute approximate surface area is 135 Å². The summed E-state index contributed by atoms with van der Waals surface area (Å²) in [5.74, 6) is 0.618. The first-order valence-corrected chi connectivity index (χ1v) is 8.55. The number of benzene rings is 1. The van der Waals surface area contributed by atoms with Crippen molar-refractivity contribution < 1.29 is 5.11 Å². The van der Waals surface area contributed by atoms with Gasteiger partial charge in [-0.25, -0.2) is 0 Å². The lowest BCUT2D eigenvalue weighted by atomic mass is 9.71. The molecule has 1 aliphatic carbocycles. The van der Waals surface area contributed by atoms with Crippen LogP contribution in [-0.4, -0.2) is 36.2 Å². The van der Waals surface area contributed by atoms with Gasteiger partial charge in [-0.2, -0.15) is 0 Å². The van der Waals surface area contributed by atoms with E-state index in [0.29, 0.717) is 5.92 Å². The molecule has 2 unspecified atom stereocenters. The smallest absolute Gasteiger partial charge is 0.0922 e. The van der Waals surface area contributed by atoms with E-state index >= 15 is 0 Å². The van der Waals surface area contributed by atoms with Crippen molar-refractivity contribution in [3.8, 4) is 0 Å². The van der Waals surface area contributed by atoms with Crippen LogP contribution in [0.5, 0.6) is 0 Å². The second-order valence-electron chi connectivity index (χ2n) is 7.21. The summed E-state index contributed by atoms with van der Waals surface area (Å²) in [5.41, 5.74) is 1.59. The van der Waals surface area contributed by atoms with E-state index in [9.17, 15) is 5.11 Å². The minimum atomic E-state index is -0.698. The molecule has 0 saturated heterocycles. The second-order valence-corrected chi connectivity index (χ2v) is 7.21. The summed E-state index contributed by atoms with van der Waals surface area (Å²) in [7, 11) is 4.17. The zero-order valence-corrected chi connectivity index (χ0v) is 14.5. The summed E-state index contributed by atoms with van der Waals surface area (Å²) in [6.07, 6.45) is 6.97. The van der Waals surface area contributed by atoms with Crippen molar-refractivity contribution in [1.29, 1.82) is 0 Å². The largest absolute Gasteiger partial charge is 0.385 e. The molecule has 2 nitrogen and oxygen atoms in total.